The predicted octanol–water partition coefficient (Wildman–Crippen LogP) is 2.36. The molecule has 54 heavy (non-hydrogen) atoms. The summed E-state index contributed by atoms with van der Waals surface area (Å²) in [6.45, 7) is 17.6. The quantitative estimate of drug-likeness (QED) is 0.262. The van der Waals surface area contributed by atoms with Crippen LogP contribution in [0.15, 0.2) is 0 Å². The topological polar surface area (TPSA) is 200 Å². The Labute approximate surface area is 321 Å². The summed E-state index contributed by atoms with van der Waals surface area (Å²) in [5.41, 5.74) is -4.89. The number of aliphatic hydroxyl groups is 4. The van der Waals surface area contributed by atoms with E-state index in [0.717, 1.165) is 0 Å². The van der Waals surface area contributed by atoms with Crippen LogP contribution >= 0.6 is 0 Å². The number of methoxy groups -OCH3 is 1. The summed E-state index contributed by atoms with van der Waals surface area (Å²) in [6.07, 6.45) is -9.75. The summed E-state index contributed by atoms with van der Waals surface area (Å²) >= 11 is 0. The minimum atomic E-state index is -2.01. The van der Waals surface area contributed by atoms with Gasteiger partial charge in [-0.25, -0.2) is 0 Å². The summed E-state index contributed by atoms with van der Waals surface area (Å²) in [4.78, 5) is 41.9. The van der Waals surface area contributed by atoms with Gasteiger partial charge in [0.05, 0.1) is 42.0 Å². The van der Waals surface area contributed by atoms with Crippen LogP contribution in [0, 0.1) is 23.7 Å². The first-order chi connectivity index (χ1) is 24.8. The SMILES string of the molecule is CC[C@H]1OC(=O)[C@@H](C)[C@@H](O[C@H]2C[C@@](C)(OC)[C@@H](OC(C)=O)[C@H](C)O2)[C@H](C)[C@@H](O[C@@H]2O[C@H](C)C[C@H](N(C)C)[C@H]2O)[C@](C)(O)C[C@@H](C)C(=O)[C@H](C)[C@@H](O)[C@]1(C)O. The van der Waals surface area contributed by atoms with Gasteiger partial charge in [-0.3, -0.25) is 14.4 Å². The Balaban J connectivity index is 2.19. The van der Waals surface area contributed by atoms with E-state index in [1.807, 2.05) is 25.9 Å². The van der Waals surface area contributed by atoms with Crippen molar-refractivity contribution in [3.05, 3.63) is 0 Å². The lowest BCUT2D eigenvalue weighted by Gasteiger charge is -2.49. The Hall–Kier alpha value is -1.79. The third-order valence-electron chi connectivity index (χ3n) is 12.1. The maximum Gasteiger partial charge on any atom is 0.311 e. The van der Waals surface area contributed by atoms with E-state index < -0.39 is 114 Å². The van der Waals surface area contributed by atoms with Gasteiger partial charge in [-0.05, 0) is 74.9 Å². The van der Waals surface area contributed by atoms with E-state index in [0.29, 0.717) is 6.42 Å². The molecule has 4 N–H and O–H groups in total. The first-order valence-corrected chi connectivity index (χ1v) is 19.4. The average molecular weight is 776 g/mol. The van der Waals surface area contributed by atoms with Crippen LogP contribution in [0.5, 0.6) is 0 Å². The first kappa shape index (κ1) is 46.6. The monoisotopic (exact) mass is 775 g/mol. The molecule has 0 saturated carbocycles. The highest BCUT2D eigenvalue weighted by Crippen LogP contribution is 2.41. The Morgan fingerprint density at radius 2 is 1.54 bits per heavy atom. The van der Waals surface area contributed by atoms with Gasteiger partial charge in [0.2, 0.25) is 0 Å². The van der Waals surface area contributed by atoms with Crippen molar-refractivity contribution in [2.24, 2.45) is 23.7 Å². The molecular formula is C39H69NO14. The Morgan fingerprint density at radius 1 is 0.926 bits per heavy atom. The molecule has 0 aromatic carbocycles. The molecule has 18 atom stereocenters. The van der Waals surface area contributed by atoms with Crippen LogP contribution in [0.25, 0.3) is 0 Å². The van der Waals surface area contributed by atoms with E-state index in [1.54, 1.807) is 41.5 Å². The van der Waals surface area contributed by atoms with Crippen molar-refractivity contribution in [2.45, 2.75) is 186 Å². The van der Waals surface area contributed by atoms with Gasteiger partial charge in [0, 0.05) is 44.2 Å². The van der Waals surface area contributed by atoms with Gasteiger partial charge in [0.25, 0.3) is 0 Å². The first-order valence-electron chi connectivity index (χ1n) is 19.4. The van der Waals surface area contributed by atoms with E-state index in [9.17, 15) is 34.8 Å². The normalized spacial score (nSPS) is 47.5. The van der Waals surface area contributed by atoms with Crippen molar-refractivity contribution in [1.29, 1.82) is 0 Å². The summed E-state index contributed by atoms with van der Waals surface area (Å²) < 4.78 is 43.1. The number of likely N-dealkylation sites (N-methyl/N-ethyl adjacent to an activating group) is 1. The fraction of sp³-hybridized carbons (Fsp3) is 0.923. The van der Waals surface area contributed by atoms with E-state index in [2.05, 4.69) is 0 Å². The van der Waals surface area contributed by atoms with Gasteiger partial charge in [-0.2, -0.15) is 0 Å². The molecule has 0 aliphatic carbocycles. The number of carbonyl (C=O) groups excluding carboxylic acids is 3. The number of esters is 2. The van der Waals surface area contributed by atoms with Gasteiger partial charge in [0.15, 0.2) is 18.7 Å². The van der Waals surface area contributed by atoms with E-state index in [1.165, 1.54) is 34.8 Å². The van der Waals surface area contributed by atoms with Crippen molar-refractivity contribution in [3.8, 4) is 0 Å². The average Bonchev–Trinajstić information content (AvgIpc) is 3.08. The number of nitrogens with zero attached hydrogens (tertiary/aromatic N) is 1. The molecule has 0 aromatic heterocycles. The number of ether oxygens (including phenoxy) is 7. The van der Waals surface area contributed by atoms with Crippen molar-refractivity contribution >= 4 is 17.7 Å². The zero-order valence-corrected chi connectivity index (χ0v) is 34.8. The lowest BCUT2D eigenvalue weighted by atomic mass is 9.74. The van der Waals surface area contributed by atoms with Gasteiger partial charge in [0.1, 0.15) is 29.2 Å². The van der Waals surface area contributed by atoms with Crippen molar-refractivity contribution in [3.63, 3.8) is 0 Å². The molecule has 0 spiro atoms. The Morgan fingerprint density at radius 3 is 2.07 bits per heavy atom. The lowest BCUT2D eigenvalue weighted by molar-refractivity contribution is -0.318. The number of hydrogen-bond acceptors (Lipinski definition) is 15. The molecule has 314 valence electrons. The minimum Gasteiger partial charge on any atom is -0.459 e. The minimum absolute atomic E-state index is 0.0765. The highest BCUT2D eigenvalue weighted by molar-refractivity contribution is 5.83. The summed E-state index contributed by atoms with van der Waals surface area (Å²) in [7, 11) is 5.17. The van der Waals surface area contributed by atoms with Gasteiger partial charge in [-0.15, -0.1) is 0 Å². The van der Waals surface area contributed by atoms with Crippen molar-refractivity contribution in [2.75, 3.05) is 21.2 Å². The molecule has 3 rings (SSSR count). The van der Waals surface area contributed by atoms with E-state index in [4.69, 9.17) is 33.2 Å². The number of aliphatic hydroxyl groups excluding tert-OH is 2. The third kappa shape index (κ3) is 10.2. The second-order valence-corrected chi connectivity index (χ2v) is 17.1. The molecule has 0 radical (unpaired) electrons. The molecule has 0 aromatic rings. The number of hydrogen-bond donors (Lipinski definition) is 4. The summed E-state index contributed by atoms with van der Waals surface area (Å²) in [5.74, 6) is -5.60. The predicted molar refractivity (Wildman–Crippen MR) is 196 cm³/mol. The van der Waals surface area contributed by atoms with E-state index in [-0.39, 0.29) is 31.4 Å². The summed E-state index contributed by atoms with van der Waals surface area (Å²) in [5, 5.41) is 47.0. The van der Waals surface area contributed by atoms with Crippen LogP contribution in [-0.4, -0.2) is 149 Å². The highest BCUT2D eigenvalue weighted by Gasteiger charge is 2.54. The molecule has 3 saturated heterocycles. The zero-order valence-electron chi connectivity index (χ0n) is 34.8. The molecular weight excluding hydrogens is 706 g/mol. The molecule has 0 bridgehead atoms. The fourth-order valence-electron chi connectivity index (χ4n) is 8.80. The molecule has 3 heterocycles. The molecule has 3 aliphatic heterocycles. The summed E-state index contributed by atoms with van der Waals surface area (Å²) in [6, 6.07) is -0.339. The zero-order chi connectivity index (χ0) is 41.2. The van der Waals surface area contributed by atoms with Crippen LogP contribution in [0.3, 0.4) is 0 Å². The Bertz CT molecular complexity index is 1280. The van der Waals surface area contributed by atoms with Crippen molar-refractivity contribution in [1.82, 2.24) is 4.90 Å². The largest absolute Gasteiger partial charge is 0.459 e. The molecule has 3 fully saturated rings. The van der Waals surface area contributed by atoms with Gasteiger partial charge >= 0.3 is 11.9 Å². The van der Waals surface area contributed by atoms with Crippen molar-refractivity contribution < 1.29 is 68.0 Å². The van der Waals surface area contributed by atoms with Crippen LogP contribution in [0.2, 0.25) is 0 Å². The highest BCUT2D eigenvalue weighted by atomic mass is 16.7. The number of ketones is 1. The molecule has 0 amide bonds. The lowest BCUT2D eigenvalue weighted by Crippen LogP contribution is -2.61. The van der Waals surface area contributed by atoms with Crippen LogP contribution in [0.1, 0.15) is 102 Å². The van der Waals surface area contributed by atoms with Gasteiger partial charge < -0.3 is 58.5 Å². The molecule has 15 nitrogen and oxygen atoms in total. The van der Waals surface area contributed by atoms with Gasteiger partial charge in [-0.1, -0.05) is 27.7 Å². The van der Waals surface area contributed by atoms with E-state index >= 15 is 0 Å². The second-order valence-electron chi connectivity index (χ2n) is 17.1. The van der Waals surface area contributed by atoms with Crippen LogP contribution < -0.4 is 0 Å². The van der Waals surface area contributed by atoms with Crippen LogP contribution in [0.4, 0.5) is 0 Å². The molecule has 15 heteroatoms. The molecule has 3 aliphatic rings. The smallest absolute Gasteiger partial charge is 0.311 e. The molecule has 0 unspecified atom stereocenters. The number of Topliss-reactive ketones (excluding diaryl/α,β-unsaturated/α-hetero) is 1. The maximum absolute atomic E-state index is 14.2. The number of rotatable bonds is 8. The standard InChI is InChI=1S/C39H69NO14/c1-15-27-39(11,47)32(44)21(4)29(42)19(2)17-37(9,46)33(54-36-30(43)26(40(12)13)16-20(3)49-36)22(5)31(23(6)35(45)52-27)53-28-18-38(10,48-14)34(24(7)50-28)51-25(8)41/h19-24,26-28,30-34,36,43-44,46-47H,15-18H2,1-14H3/t19-,20-,21+,22+,23+,24+,26+,27-,28+,30-,31+,32-,33-,34+,36+,37-,38-,39-/m1/s1. The Kier molecular flexibility index (Phi) is 15.7. The maximum atomic E-state index is 14.2. The van der Waals surface area contributed by atoms with Crippen LogP contribution in [-0.2, 0) is 47.5 Å². The second kappa shape index (κ2) is 18.2. The fourth-order valence-corrected chi connectivity index (χ4v) is 8.80. The number of cyclic esters (lactones) is 1. The third-order valence-corrected chi connectivity index (χ3v) is 12.1. The number of carbonyl (C=O) groups is 3.